The van der Waals surface area contributed by atoms with E-state index in [0.717, 1.165) is 24.5 Å². The van der Waals surface area contributed by atoms with E-state index in [9.17, 15) is 5.11 Å². The molecule has 16 heavy (non-hydrogen) atoms. The molecule has 1 atom stereocenters. The highest BCUT2D eigenvalue weighted by atomic mass is 35.5. The summed E-state index contributed by atoms with van der Waals surface area (Å²) in [6.07, 6.45) is 1.98. The Morgan fingerprint density at radius 3 is 2.81 bits per heavy atom. The molecule has 1 unspecified atom stereocenters. The van der Waals surface area contributed by atoms with Gasteiger partial charge in [0.15, 0.2) is 0 Å². The summed E-state index contributed by atoms with van der Waals surface area (Å²) < 4.78 is 0. The van der Waals surface area contributed by atoms with E-state index in [2.05, 4.69) is 15.3 Å². The molecular formula is C11H18ClN3O. The molecule has 0 saturated carbocycles. The zero-order chi connectivity index (χ0) is 12.0. The maximum absolute atomic E-state index is 9.39. The molecule has 1 aromatic rings. The second-order valence-corrected chi connectivity index (χ2v) is 4.01. The van der Waals surface area contributed by atoms with E-state index >= 15 is 0 Å². The number of nitrogens with one attached hydrogen (secondary N) is 1. The minimum absolute atomic E-state index is 0.254. The molecule has 0 aliphatic carbocycles. The third-order valence-corrected chi connectivity index (χ3v) is 2.51. The lowest BCUT2D eigenvalue weighted by molar-refractivity contribution is 0.164. The zero-order valence-corrected chi connectivity index (χ0v) is 10.5. The first-order chi connectivity index (χ1) is 7.65. The van der Waals surface area contributed by atoms with Crippen molar-refractivity contribution >= 4 is 17.4 Å². The van der Waals surface area contributed by atoms with Gasteiger partial charge in [0.2, 0.25) is 0 Å². The molecule has 1 heterocycles. The molecule has 4 nitrogen and oxygen atoms in total. The monoisotopic (exact) mass is 243 g/mol. The Balaban J connectivity index is 2.50. The predicted molar refractivity (Wildman–Crippen MR) is 65.8 cm³/mol. The van der Waals surface area contributed by atoms with Crippen molar-refractivity contribution in [3.05, 3.63) is 17.0 Å². The molecule has 0 aromatic carbocycles. The number of aromatic nitrogens is 2. The number of nitrogens with zero attached hydrogens (tertiary/aromatic N) is 2. The molecule has 1 rings (SSSR count). The fourth-order valence-corrected chi connectivity index (χ4v) is 1.49. The Bertz CT molecular complexity index is 333. The first-order valence-electron chi connectivity index (χ1n) is 5.61. The van der Waals surface area contributed by atoms with E-state index in [1.165, 1.54) is 0 Å². The Kier molecular flexibility index (Phi) is 5.49. The van der Waals surface area contributed by atoms with E-state index in [4.69, 9.17) is 11.6 Å². The Morgan fingerprint density at radius 2 is 2.19 bits per heavy atom. The van der Waals surface area contributed by atoms with Gasteiger partial charge in [-0.1, -0.05) is 25.4 Å². The Hall–Kier alpha value is -0.870. The van der Waals surface area contributed by atoms with Crippen LogP contribution in [0.1, 0.15) is 32.5 Å². The van der Waals surface area contributed by atoms with Crippen molar-refractivity contribution in [1.82, 2.24) is 9.97 Å². The smallest absolute Gasteiger partial charge is 0.134 e. The fourth-order valence-electron chi connectivity index (χ4n) is 1.28. The molecule has 5 heteroatoms. The van der Waals surface area contributed by atoms with Crippen molar-refractivity contribution < 1.29 is 5.11 Å². The van der Waals surface area contributed by atoms with Crippen LogP contribution in [0.5, 0.6) is 0 Å². The lowest BCUT2D eigenvalue weighted by Crippen LogP contribution is -2.13. The first kappa shape index (κ1) is 13.2. The van der Waals surface area contributed by atoms with Gasteiger partial charge < -0.3 is 10.4 Å². The van der Waals surface area contributed by atoms with Crippen LogP contribution in [0.2, 0.25) is 5.15 Å². The van der Waals surface area contributed by atoms with Gasteiger partial charge in [0.25, 0.3) is 0 Å². The second-order valence-electron chi connectivity index (χ2n) is 3.62. The van der Waals surface area contributed by atoms with Crippen molar-refractivity contribution in [2.45, 2.75) is 39.2 Å². The third-order valence-electron chi connectivity index (χ3n) is 2.31. The van der Waals surface area contributed by atoms with Gasteiger partial charge in [-0.15, -0.1) is 0 Å². The van der Waals surface area contributed by atoms with E-state index < -0.39 is 0 Å². The van der Waals surface area contributed by atoms with E-state index in [-0.39, 0.29) is 6.10 Å². The van der Waals surface area contributed by atoms with Crippen molar-refractivity contribution in [2.75, 3.05) is 11.9 Å². The summed E-state index contributed by atoms with van der Waals surface area (Å²) in [5, 5.41) is 13.0. The van der Waals surface area contributed by atoms with Crippen molar-refractivity contribution in [1.29, 1.82) is 0 Å². The van der Waals surface area contributed by atoms with Crippen LogP contribution >= 0.6 is 11.6 Å². The molecule has 0 aliphatic rings. The average Bonchev–Trinajstić information content (AvgIpc) is 2.28. The van der Waals surface area contributed by atoms with Crippen LogP contribution in [0.25, 0.3) is 0 Å². The van der Waals surface area contributed by atoms with Crippen LogP contribution in [0.3, 0.4) is 0 Å². The molecule has 0 aliphatic heterocycles. The van der Waals surface area contributed by atoms with E-state index in [0.29, 0.717) is 18.1 Å². The van der Waals surface area contributed by atoms with Crippen molar-refractivity contribution in [2.24, 2.45) is 0 Å². The second kappa shape index (κ2) is 6.66. The van der Waals surface area contributed by atoms with Gasteiger partial charge in [-0.3, -0.25) is 0 Å². The molecule has 0 spiro atoms. The molecule has 1 aromatic heterocycles. The van der Waals surface area contributed by atoms with Gasteiger partial charge in [-0.2, -0.15) is 0 Å². The van der Waals surface area contributed by atoms with Crippen LogP contribution in [0.4, 0.5) is 5.82 Å². The lowest BCUT2D eigenvalue weighted by atomic mass is 10.2. The quantitative estimate of drug-likeness (QED) is 0.753. The fraction of sp³-hybridized carbons (Fsp3) is 0.636. The Morgan fingerprint density at radius 1 is 1.44 bits per heavy atom. The summed E-state index contributed by atoms with van der Waals surface area (Å²) in [6, 6.07) is 1.69. The highest BCUT2D eigenvalue weighted by Gasteiger charge is 2.03. The zero-order valence-electron chi connectivity index (χ0n) is 9.70. The molecule has 0 bridgehead atoms. The largest absolute Gasteiger partial charge is 0.393 e. The van der Waals surface area contributed by atoms with Crippen LogP contribution in [0, 0.1) is 0 Å². The van der Waals surface area contributed by atoms with Gasteiger partial charge >= 0.3 is 0 Å². The van der Waals surface area contributed by atoms with Gasteiger partial charge in [0.05, 0.1) is 6.10 Å². The molecule has 0 fully saturated rings. The minimum Gasteiger partial charge on any atom is -0.393 e. The summed E-state index contributed by atoms with van der Waals surface area (Å²) in [5.41, 5.74) is 0. The third kappa shape index (κ3) is 4.33. The summed E-state index contributed by atoms with van der Waals surface area (Å²) in [4.78, 5) is 8.36. The van der Waals surface area contributed by atoms with Gasteiger partial charge in [0, 0.05) is 19.0 Å². The normalized spacial score (nSPS) is 12.5. The number of hydrogen-bond donors (Lipinski definition) is 2. The number of aryl methyl sites for hydroxylation is 1. The van der Waals surface area contributed by atoms with Crippen molar-refractivity contribution in [3.8, 4) is 0 Å². The predicted octanol–water partition coefficient (Wildman–Crippen LogP) is 2.27. The van der Waals surface area contributed by atoms with E-state index in [1.807, 2.05) is 13.8 Å². The van der Waals surface area contributed by atoms with Gasteiger partial charge in [0.1, 0.15) is 16.8 Å². The van der Waals surface area contributed by atoms with Crippen LogP contribution < -0.4 is 5.32 Å². The lowest BCUT2D eigenvalue weighted by Gasteiger charge is -2.10. The minimum atomic E-state index is -0.254. The number of hydrogen-bond acceptors (Lipinski definition) is 4. The number of rotatable bonds is 6. The van der Waals surface area contributed by atoms with Crippen molar-refractivity contribution in [3.63, 3.8) is 0 Å². The molecule has 90 valence electrons. The SMILES string of the molecule is CCc1nc(Cl)cc(NCCC(O)CC)n1. The van der Waals surface area contributed by atoms with Gasteiger partial charge in [-0.05, 0) is 12.8 Å². The number of halogens is 1. The summed E-state index contributed by atoms with van der Waals surface area (Å²) in [5.74, 6) is 1.45. The molecule has 2 N–H and O–H groups in total. The molecule has 0 amide bonds. The topological polar surface area (TPSA) is 58.0 Å². The summed E-state index contributed by atoms with van der Waals surface area (Å²) in [7, 11) is 0. The number of aliphatic hydroxyl groups is 1. The van der Waals surface area contributed by atoms with E-state index in [1.54, 1.807) is 6.07 Å². The maximum Gasteiger partial charge on any atom is 0.134 e. The number of aliphatic hydroxyl groups excluding tert-OH is 1. The highest BCUT2D eigenvalue weighted by Crippen LogP contribution is 2.12. The summed E-state index contributed by atoms with van der Waals surface area (Å²) >= 11 is 5.86. The standard InChI is InChI=1S/C11H18ClN3O/c1-3-8(16)5-6-13-11-7-9(12)14-10(4-2)15-11/h7-8,16H,3-6H2,1-2H3,(H,13,14,15). The Labute approximate surface area is 101 Å². The molecular weight excluding hydrogens is 226 g/mol. The van der Waals surface area contributed by atoms with Crippen LogP contribution in [-0.4, -0.2) is 27.7 Å². The number of anilines is 1. The van der Waals surface area contributed by atoms with Crippen LogP contribution in [0.15, 0.2) is 6.07 Å². The average molecular weight is 244 g/mol. The first-order valence-corrected chi connectivity index (χ1v) is 5.98. The van der Waals surface area contributed by atoms with Gasteiger partial charge in [-0.25, -0.2) is 9.97 Å². The highest BCUT2D eigenvalue weighted by molar-refractivity contribution is 6.29. The summed E-state index contributed by atoms with van der Waals surface area (Å²) in [6.45, 7) is 4.63. The van der Waals surface area contributed by atoms with Crippen LogP contribution in [-0.2, 0) is 6.42 Å². The molecule has 0 saturated heterocycles. The molecule has 0 radical (unpaired) electrons. The maximum atomic E-state index is 9.39.